The number of amides is 1. The fourth-order valence-electron chi connectivity index (χ4n) is 2.62. The highest BCUT2D eigenvalue weighted by atomic mass is 32.1. The Morgan fingerprint density at radius 3 is 2.65 bits per heavy atom. The van der Waals surface area contributed by atoms with Crippen LogP contribution in [-0.2, 0) is 24.3 Å². The average molecular weight is 370 g/mol. The molecule has 1 N–H and O–H groups in total. The number of carbonyl (C=O) groups excluding carboxylic acids is 1. The Balaban J connectivity index is 1.65. The third kappa shape index (κ3) is 3.94. The Morgan fingerprint density at radius 2 is 2.00 bits per heavy atom. The van der Waals surface area contributed by atoms with Crippen molar-refractivity contribution in [1.29, 1.82) is 0 Å². The van der Waals surface area contributed by atoms with Crippen LogP contribution in [0.3, 0.4) is 0 Å². The second kappa shape index (κ2) is 7.70. The van der Waals surface area contributed by atoms with Gasteiger partial charge in [-0.2, -0.15) is 0 Å². The highest BCUT2D eigenvalue weighted by Crippen LogP contribution is 2.20. The molecule has 7 heteroatoms. The Morgan fingerprint density at radius 1 is 1.27 bits per heavy atom. The molecular formula is C19H22N4O2S. The largest absolute Gasteiger partial charge is 0.378 e. The van der Waals surface area contributed by atoms with E-state index in [0.29, 0.717) is 11.9 Å². The summed E-state index contributed by atoms with van der Waals surface area (Å²) < 4.78 is 1.36. The minimum Gasteiger partial charge on any atom is -0.378 e. The predicted molar refractivity (Wildman–Crippen MR) is 106 cm³/mol. The Labute approximate surface area is 156 Å². The molecule has 2 aromatic heterocycles. The highest BCUT2D eigenvalue weighted by molar-refractivity contribution is 7.18. The van der Waals surface area contributed by atoms with E-state index in [0.717, 1.165) is 27.4 Å². The average Bonchev–Trinajstić information content (AvgIpc) is 3.07. The van der Waals surface area contributed by atoms with E-state index in [4.69, 9.17) is 0 Å². The van der Waals surface area contributed by atoms with Crippen LogP contribution in [0.5, 0.6) is 0 Å². The lowest BCUT2D eigenvalue weighted by Crippen LogP contribution is -2.32. The van der Waals surface area contributed by atoms with Gasteiger partial charge in [-0.1, -0.05) is 19.1 Å². The summed E-state index contributed by atoms with van der Waals surface area (Å²) in [6, 6.07) is 9.84. The van der Waals surface area contributed by atoms with Crippen LogP contribution in [0.2, 0.25) is 0 Å². The molecule has 0 saturated carbocycles. The first-order valence-corrected chi connectivity index (χ1v) is 9.30. The molecule has 0 bridgehead atoms. The molecule has 26 heavy (non-hydrogen) atoms. The Hall–Kier alpha value is -2.67. The lowest BCUT2D eigenvalue weighted by Gasteiger charge is -2.13. The Bertz CT molecular complexity index is 973. The summed E-state index contributed by atoms with van der Waals surface area (Å²) in [7, 11) is 3.96. The lowest BCUT2D eigenvalue weighted by molar-refractivity contribution is -0.121. The number of aryl methyl sites for hydroxylation is 1. The van der Waals surface area contributed by atoms with Gasteiger partial charge in [-0.05, 0) is 30.2 Å². The number of anilines is 1. The number of aromatic nitrogens is 2. The second-order valence-electron chi connectivity index (χ2n) is 6.30. The summed E-state index contributed by atoms with van der Waals surface area (Å²) in [6.07, 6.45) is 2.32. The van der Waals surface area contributed by atoms with E-state index >= 15 is 0 Å². The van der Waals surface area contributed by atoms with Crippen LogP contribution in [0.25, 0.3) is 10.2 Å². The van der Waals surface area contributed by atoms with Crippen LogP contribution in [-0.4, -0.2) is 29.6 Å². The minimum atomic E-state index is -0.212. The van der Waals surface area contributed by atoms with Gasteiger partial charge in [0.1, 0.15) is 11.4 Å². The molecule has 136 valence electrons. The molecule has 1 aromatic carbocycles. The van der Waals surface area contributed by atoms with Crippen molar-refractivity contribution in [3.8, 4) is 0 Å². The van der Waals surface area contributed by atoms with E-state index in [1.807, 2.05) is 56.3 Å². The van der Waals surface area contributed by atoms with Crippen LogP contribution in [0.15, 0.2) is 41.5 Å². The van der Waals surface area contributed by atoms with Crippen molar-refractivity contribution < 1.29 is 4.79 Å². The molecule has 0 aliphatic heterocycles. The number of nitrogens with zero attached hydrogens (tertiary/aromatic N) is 3. The van der Waals surface area contributed by atoms with Gasteiger partial charge in [-0.15, -0.1) is 11.3 Å². The Kier molecular flexibility index (Phi) is 5.37. The molecule has 0 atom stereocenters. The number of nitrogens with one attached hydrogen (secondary N) is 1. The van der Waals surface area contributed by atoms with Gasteiger partial charge in [0.05, 0.1) is 11.7 Å². The third-order valence-electron chi connectivity index (χ3n) is 4.17. The predicted octanol–water partition coefficient (Wildman–Crippen LogP) is 2.40. The molecule has 0 radical (unpaired) electrons. The maximum atomic E-state index is 12.5. The SMILES string of the molecule is CCc1cc2c(=O)n(CC(=O)NCc3ccc(N(C)C)cc3)cnc2s1. The molecule has 0 saturated heterocycles. The van der Waals surface area contributed by atoms with E-state index < -0.39 is 0 Å². The molecule has 0 aliphatic rings. The van der Waals surface area contributed by atoms with Crippen molar-refractivity contribution in [3.05, 3.63) is 57.5 Å². The minimum absolute atomic E-state index is 0.0329. The zero-order valence-corrected chi connectivity index (χ0v) is 16.0. The zero-order valence-electron chi connectivity index (χ0n) is 15.2. The van der Waals surface area contributed by atoms with Gasteiger partial charge >= 0.3 is 0 Å². The molecule has 1 amide bonds. The van der Waals surface area contributed by atoms with E-state index in [2.05, 4.69) is 10.3 Å². The number of fused-ring (bicyclic) bond motifs is 1. The van der Waals surface area contributed by atoms with Gasteiger partial charge in [0.2, 0.25) is 5.91 Å². The number of rotatable bonds is 6. The molecule has 3 rings (SSSR count). The second-order valence-corrected chi connectivity index (χ2v) is 7.42. The summed E-state index contributed by atoms with van der Waals surface area (Å²) in [5.41, 5.74) is 1.94. The van der Waals surface area contributed by atoms with Gasteiger partial charge in [-0.25, -0.2) is 4.98 Å². The highest BCUT2D eigenvalue weighted by Gasteiger charge is 2.11. The maximum Gasteiger partial charge on any atom is 0.262 e. The van der Waals surface area contributed by atoms with Gasteiger partial charge in [0.25, 0.3) is 5.56 Å². The van der Waals surface area contributed by atoms with Crippen LogP contribution in [0.1, 0.15) is 17.4 Å². The van der Waals surface area contributed by atoms with Gasteiger partial charge in [-0.3, -0.25) is 14.2 Å². The summed E-state index contributed by atoms with van der Waals surface area (Å²) in [5.74, 6) is -0.212. The summed E-state index contributed by atoms with van der Waals surface area (Å²) in [5, 5.41) is 3.44. The fraction of sp³-hybridized carbons (Fsp3) is 0.316. The van der Waals surface area contributed by atoms with E-state index in [-0.39, 0.29) is 18.0 Å². The van der Waals surface area contributed by atoms with Crippen LogP contribution in [0.4, 0.5) is 5.69 Å². The maximum absolute atomic E-state index is 12.5. The molecule has 3 aromatic rings. The first kappa shape index (κ1) is 18.1. The van der Waals surface area contributed by atoms with Crippen LogP contribution < -0.4 is 15.8 Å². The van der Waals surface area contributed by atoms with Crippen molar-refractivity contribution in [2.24, 2.45) is 0 Å². The molecule has 0 spiro atoms. The van der Waals surface area contributed by atoms with E-state index in [9.17, 15) is 9.59 Å². The normalized spacial score (nSPS) is 10.9. The van der Waals surface area contributed by atoms with Crippen molar-refractivity contribution in [2.75, 3.05) is 19.0 Å². The molecule has 2 heterocycles. The molecular weight excluding hydrogens is 348 g/mol. The summed E-state index contributed by atoms with van der Waals surface area (Å²) in [6.45, 7) is 2.44. The van der Waals surface area contributed by atoms with Gasteiger partial charge in [0.15, 0.2) is 0 Å². The van der Waals surface area contributed by atoms with E-state index in [1.54, 1.807) is 0 Å². The van der Waals surface area contributed by atoms with Crippen LogP contribution >= 0.6 is 11.3 Å². The molecule has 0 unspecified atom stereocenters. The third-order valence-corrected chi connectivity index (χ3v) is 5.36. The first-order chi connectivity index (χ1) is 12.5. The first-order valence-electron chi connectivity index (χ1n) is 8.48. The fourth-order valence-corrected chi connectivity index (χ4v) is 3.55. The number of thiophene rings is 1. The van der Waals surface area contributed by atoms with Crippen molar-refractivity contribution in [3.63, 3.8) is 0 Å². The monoisotopic (exact) mass is 370 g/mol. The number of benzene rings is 1. The van der Waals surface area contributed by atoms with Gasteiger partial charge in [0, 0.05) is 31.2 Å². The summed E-state index contributed by atoms with van der Waals surface area (Å²) in [4.78, 5) is 32.9. The quantitative estimate of drug-likeness (QED) is 0.724. The molecule has 0 fully saturated rings. The van der Waals surface area contributed by atoms with Crippen LogP contribution in [0, 0.1) is 0 Å². The number of hydrogen-bond acceptors (Lipinski definition) is 5. The molecule has 6 nitrogen and oxygen atoms in total. The number of hydrogen-bond donors (Lipinski definition) is 1. The van der Waals surface area contributed by atoms with E-state index in [1.165, 1.54) is 22.2 Å². The zero-order chi connectivity index (χ0) is 18.7. The smallest absolute Gasteiger partial charge is 0.262 e. The summed E-state index contributed by atoms with van der Waals surface area (Å²) >= 11 is 1.52. The van der Waals surface area contributed by atoms with Gasteiger partial charge < -0.3 is 10.2 Å². The number of carbonyl (C=O) groups is 1. The van der Waals surface area contributed by atoms with Crippen molar-refractivity contribution >= 4 is 33.1 Å². The lowest BCUT2D eigenvalue weighted by atomic mass is 10.2. The topological polar surface area (TPSA) is 67.2 Å². The van der Waals surface area contributed by atoms with Crippen molar-refractivity contribution in [1.82, 2.24) is 14.9 Å². The standard InChI is InChI=1S/C19H22N4O2S/c1-4-15-9-16-18(26-15)21-12-23(19(16)25)11-17(24)20-10-13-5-7-14(8-6-13)22(2)3/h5-9,12H,4,10-11H2,1-3H3,(H,20,24). The van der Waals surface area contributed by atoms with Crippen molar-refractivity contribution in [2.45, 2.75) is 26.4 Å². The molecule has 0 aliphatic carbocycles.